The maximum absolute atomic E-state index is 12.2. The van der Waals surface area contributed by atoms with Gasteiger partial charge in [-0.15, -0.1) is 0 Å². The number of aromatic carboxylic acids is 1. The third-order valence-electron chi connectivity index (χ3n) is 3.45. The number of hydrogen-bond acceptors (Lipinski definition) is 4. The molecule has 6 nitrogen and oxygen atoms in total. The molecule has 0 bridgehead atoms. The molecule has 0 unspecified atom stereocenters. The van der Waals surface area contributed by atoms with Crippen LogP contribution in [0.5, 0.6) is 0 Å². The first-order chi connectivity index (χ1) is 9.97. The average Bonchev–Trinajstić information content (AvgIpc) is 2.95. The third kappa shape index (κ3) is 4.07. The zero-order valence-corrected chi connectivity index (χ0v) is 12.4. The fraction of sp³-hybridized carbons (Fsp3) is 0.600. The standard InChI is InChI=1S/C15H21NO5/c1-10(2)8-20-12-3-5-16(6-4-12)14(17)13-7-11(9-21-13)15(18)19/h7,9-10,12H,3-6,8H2,1-2H3,(H,18,19). The van der Waals surface area contributed by atoms with Gasteiger partial charge in [-0.25, -0.2) is 4.79 Å². The average molecular weight is 295 g/mol. The number of rotatable bonds is 5. The van der Waals surface area contributed by atoms with Gasteiger partial charge in [0, 0.05) is 25.8 Å². The van der Waals surface area contributed by atoms with Gasteiger partial charge in [-0.1, -0.05) is 13.8 Å². The van der Waals surface area contributed by atoms with E-state index in [2.05, 4.69) is 13.8 Å². The zero-order valence-electron chi connectivity index (χ0n) is 12.4. The van der Waals surface area contributed by atoms with Gasteiger partial charge in [0.25, 0.3) is 5.91 Å². The maximum atomic E-state index is 12.2. The number of likely N-dealkylation sites (tertiary alicyclic amines) is 1. The quantitative estimate of drug-likeness (QED) is 0.901. The van der Waals surface area contributed by atoms with Crippen molar-refractivity contribution >= 4 is 11.9 Å². The van der Waals surface area contributed by atoms with E-state index in [-0.39, 0.29) is 23.3 Å². The number of ether oxygens (including phenoxy) is 1. The smallest absolute Gasteiger partial charge is 0.338 e. The highest BCUT2D eigenvalue weighted by Crippen LogP contribution is 2.18. The van der Waals surface area contributed by atoms with Crippen LogP contribution in [0.4, 0.5) is 0 Å². The van der Waals surface area contributed by atoms with Crippen molar-refractivity contribution in [3.63, 3.8) is 0 Å². The van der Waals surface area contributed by atoms with Crippen molar-refractivity contribution in [2.75, 3.05) is 19.7 Å². The number of carboxylic acids is 1. The van der Waals surface area contributed by atoms with Crippen LogP contribution >= 0.6 is 0 Å². The zero-order chi connectivity index (χ0) is 15.4. The van der Waals surface area contributed by atoms with Crippen LogP contribution < -0.4 is 0 Å². The second-order valence-corrected chi connectivity index (χ2v) is 5.72. The molecule has 21 heavy (non-hydrogen) atoms. The second kappa shape index (κ2) is 6.76. The lowest BCUT2D eigenvalue weighted by Crippen LogP contribution is -2.41. The number of piperidine rings is 1. The summed E-state index contributed by atoms with van der Waals surface area (Å²) >= 11 is 0. The Hall–Kier alpha value is -1.82. The van der Waals surface area contributed by atoms with Crippen LogP contribution in [0.15, 0.2) is 16.7 Å². The number of amides is 1. The molecule has 1 aromatic heterocycles. The summed E-state index contributed by atoms with van der Waals surface area (Å²) in [5.41, 5.74) is -0.00602. The van der Waals surface area contributed by atoms with Crippen molar-refractivity contribution in [1.82, 2.24) is 4.90 Å². The molecule has 1 saturated heterocycles. The lowest BCUT2D eigenvalue weighted by atomic mass is 10.1. The minimum Gasteiger partial charge on any atom is -0.478 e. The van der Waals surface area contributed by atoms with Gasteiger partial charge in [0.2, 0.25) is 0 Å². The van der Waals surface area contributed by atoms with Crippen LogP contribution in [-0.2, 0) is 4.74 Å². The van der Waals surface area contributed by atoms with Crippen LogP contribution in [0.25, 0.3) is 0 Å². The SMILES string of the molecule is CC(C)COC1CCN(C(=O)c2cc(C(=O)O)co2)CC1. The molecule has 116 valence electrons. The highest BCUT2D eigenvalue weighted by molar-refractivity contribution is 5.95. The Balaban J connectivity index is 1.86. The van der Waals surface area contributed by atoms with E-state index in [9.17, 15) is 9.59 Å². The Morgan fingerprint density at radius 2 is 2.10 bits per heavy atom. The van der Waals surface area contributed by atoms with E-state index in [4.69, 9.17) is 14.3 Å². The van der Waals surface area contributed by atoms with Gasteiger partial charge < -0.3 is 19.2 Å². The van der Waals surface area contributed by atoms with E-state index in [0.717, 1.165) is 25.7 Å². The summed E-state index contributed by atoms with van der Waals surface area (Å²) in [5, 5.41) is 8.83. The molecule has 2 heterocycles. The molecule has 0 aliphatic carbocycles. The van der Waals surface area contributed by atoms with Crippen LogP contribution in [-0.4, -0.2) is 47.7 Å². The van der Waals surface area contributed by atoms with Crippen molar-refractivity contribution in [3.05, 3.63) is 23.7 Å². The molecule has 1 fully saturated rings. The molecular formula is C15H21NO5. The normalized spacial score (nSPS) is 16.4. The van der Waals surface area contributed by atoms with Gasteiger partial charge in [0.05, 0.1) is 11.7 Å². The van der Waals surface area contributed by atoms with Gasteiger partial charge in [-0.3, -0.25) is 4.79 Å². The fourth-order valence-corrected chi connectivity index (χ4v) is 2.27. The van der Waals surface area contributed by atoms with E-state index >= 15 is 0 Å². The van der Waals surface area contributed by atoms with Crippen molar-refractivity contribution in [2.24, 2.45) is 5.92 Å². The van der Waals surface area contributed by atoms with Crippen molar-refractivity contribution in [1.29, 1.82) is 0 Å². The molecule has 6 heteroatoms. The van der Waals surface area contributed by atoms with E-state index in [1.165, 1.54) is 6.07 Å². The van der Waals surface area contributed by atoms with Gasteiger partial charge in [0.15, 0.2) is 5.76 Å². The minimum atomic E-state index is -1.10. The summed E-state index contributed by atoms with van der Waals surface area (Å²) in [6.07, 6.45) is 2.88. The summed E-state index contributed by atoms with van der Waals surface area (Å²) in [6.45, 7) is 6.15. The number of hydrogen-bond donors (Lipinski definition) is 1. The molecule has 1 N–H and O–H groups in total. The molecule has 1 aliphatic rings. The Bertz CT molecular complexity index is 500. The number of carbonyl (C=O) groups excluding carboxylic acids is 1. The van der Waals surface area contributed by atoms with E-state index in [1.807, 2.05) is 0 Å². The highest BCUT2D eigenvalue weighted by Gasteiger charge is 2.26. The number of carbonyl (C=O) groups is 2. The predicted octanol–water partition coefficient (Wildman–Crippen LogP) is 2.26. The molecular weight excluding hydrogens is 274 g/mol. The Morgan fingerprint density at radius 3 is 2.62 bits per heavy atom. The monoisotopic (exact) mass is 295 g/mol. The summed E-state index contributed by atoms with van der Waals surface area (Å²) in [7, 11) is 0. The van der Waals surface area contributed by atoms with Crippen LogP contribution in [0.2, 0.25) is 0 Å². The first-order valence-electron chi connectivity index (χ1n) is 7.20. The molecule has 0 spiro atoms. The molecule has 0 aromatic carbocycles. The van der Waals surface area contributed by atoms with Crippen molar-refractivity contribution < 1.29 is 23.8 Å². The molecule has 0 atom stereocenters. The van der Waals surface area contributed by atoms with Gasteiger partial charge in [0.1, 0.15) is 6.26 Å². The number of furan rings is 1. The number of nitrogens with zero attached hydrogens (tertiary/aromatic N) is 1. The Morgan fingerprint density at radius 1 is 1.43 bits per heavy atom. The first kappa shape index (κ1) is 15.6. The molecule has 1 aromatic rings. The number of carboxylic acid groups (broad SMARTS) is 1. The summed E-state index contributed by atoms with van der Waals surface area (Å²) in [5.74, 6) is -0.778. The van der Waals surface area contributed by atoms with Crippen LogP contribution in [0.3, 0.4) is 0 Å². The largest absolute Gasteiger partial charge is 0.478 e. The summed E-state index contributed by atoms with van der Waals surface area (Å²) in [4.78, 5) is 24.7. The van der Waals surface area contributed by atoms with E-state index in [0.29, 0.717) is 19.0 Å². The Labute approximate surface area is 123 Å². The highest BCUT2D eigenvalue weighted by atomic mass is 16.5. The molecule has 0 saturated carbocycles. The van der Waals surface area contributed by atoms with Gasteiger partial charge in [-0.05, 0) is 18.8 Å². The predicted molar refractivity (Wildman–Crippen MR) is 75.4 cm³/mol. The molecule has 2 rings (SSSR count). The topological polar surface area (TPSA) is 80.0 Å². The molecule has 1 aliphatic heterocycles. The second-order valence-electron chi connectivity index (χ2n) is 5.72. The Kier molecular flexibility index (Phi) is 5.01. The van der Waals surface area contributed by atoms with E-state index in [1.54, 1.807) is 4.90 Å². The fourth-order valence-electron chi connectivity index (χ4n) is 2.27. The maximum Gasteiger partial charge on any atom is 0.338 e. The summed E-state index contributed by atoms with van der Waals surface area (Å²) < 4.78 is 10.8. The first-order valence-corrected chi connectivity index (χ1v) is 7.20. The van der Waals surface area contributed by atoms with Crippen molar-refractivity contribution in [3.8, 4) is 0 Å². The minimum absolute atomic E-state index is 0.00602. The van der Waals surface area contributed by atoms with E-state index < -0.39 is 5.97 Å². The van der Waals surface area contributed by atoms with Crippen LogP contribution in [0, 0.1) is 5.92 Å². The lowest BCUT2D eigenvalue weighted by Gasteiger charge is -2.31. The molecule has 0 radical (unpaired) electrons. The van der Waals surface area contributed by atoms with Gasteiger partial charge in [-0.2, -0.15) is 0 Å². The van der Waals surface area contributed by atoms with Crippen LogP contribution in [0.1, 0.15) is 47.6 Å². The lowest BCUT2D eigenvalue weighted by molar-refractivity contribution is -0.00292. The van der Waals surface area contributed by atoms with Gasteiger partial charge >= 0.3 is 5.97 Å². The van der Waals surface area contributed by atoms with Crippen molar-refractivity contribution in [2.45, 2.75) is 32.8 Å². The molecule has 1 amide bonds. The third-order valence-corrected chi connectivity index (χ3v) is 3.45. The summed E-state index contributed by atoms with van der Waals surface area (Å²) in [6, 6.07) is 1.27.